The molecule has 1 aliphatic rings. The van der Waals surface area contributed by atoms with Crippen molar-refractivity contribution < 1.29 is 9.53 Å². The summed E-state index contributed by atoms with van der Waals surface area (Å²) in [5.41, 5.74) is 0.590. The molecule has 116 valence electrons. The SMILES string of the molecule is CCCNc1cc(C(=O)N2CCC(COC)C2)cc(Cl)n1. The standard InChI is InChI=1S/C15H22ClN3O2/c1-3-5-17-14-8-12(7-13(16)18-14)15(20)19-6-4-11(9-19)10-21-2/h7-8,11H,3-6,9-10H2,1-2H3,(H,17,18). The summed E-state index contributed by atoms with van der Waals surface area (Å²) in [6, 6.07) is 3.40. The van der Waals surface area contributed by atoms with Crippen molar-refractivity contribution in [3.8, 4) is 0 Å². The highest BCUT2D eigenvalue weighted by Gasteiger charge is 2.27. The average molecular weight is 312 g/mol. The molecule has 1 N–H and O–H groups in total. The van der Waals surface area contributed by atoms with Crippen LogP contribution in [0, 0.1) is 5.92 Å². The first-order valence-electron chi connectivity index (χ1n) is 7.33. The molecular formula is C15H22ClN3O2. The Balaban J connectivity index is 2.06. The van der Waals surface area contributed by atoms with Crippen molar-refractivity contribution in [1.29, 1.82) is 0 Å². The molecular weight excluding hydrogens is 290 g/mol. The maximum Gasteiger partial charge on any atom is 0.254 e. The largest absolute Gasteiger partial charge is 0.384 e. The minimum absolute atomic E-state index is 0.0115. The number of halogens is 1. The van der Waals surface area contributed by atoms with Gasteiger partial charge >= 0.3 is 0 Å². The van der Waals surface area contributed by atoms with Gasteiger partial charge in [-0.05, 0) is 25.0 Å². The van der Waals surface area contributed by atoms with E-state index in [1.807, 2.05) is 4.90 Å². The molecule has 2 heterocycles. The second kappa shape index (κ2) is 7.61. The number of anilines is 1. The summed E-state index contributed by atoms with van der Waals surface area (Å²) in [5, 5.41) is 3.50. The monoisotopic (exact) mass is 311 g/mol. The third kappa shape index (κ3) is 4.32. The van der Waals surface area contributed by atoms with Crippen molar-refractivity contribution >= 4 is 23.3 Å². The van der Waals surface area contributed by atoms with Crippen LogP contribution in [0.5, 0.6) is 0 Å². The van der Waals surface area contributed by atoms with Crippen molar-refractivity contribution in [3.63, 3.8) is 0 Å². The zero-order valence-corrected chi connectivity index (χ0v) is 13.3. The number of likely N-dealkylation sites (tertiary alicyclic amines) is 1. The second-order valence-corrected chi connectivity index (χ2v) is 5.74. The molecule has 0 spiro atoms. The second-order valence-electron chi connectivity index (χ2n) is 5.35. The number of aromatic nitrogens is 1. The van der Waals surface area contributed by atoms with Crippen molar-refractivity contribution in [1.82, 2.24) is 9.88 Å². The van der Waals surface area contributed by atoms with Gasteiger partial charge in [-0.25, -0.2) is 4.98 Å². The molecule has 1 atom stereocenters. The third-order valence-electron chi connectivity index (χ3n) is 3.57. The van der Waals surface area contributed by atoms with Crippen LogP contribution in [0.2, 0.25) is 5.15 Å². The van der Waals surface area contributed by atoms with E-state index in [2.05, 4.69) is 17.2 Å². The summed E-state index contributed by atoms with van der Waals surface area (Å²) in [4.78, 5) is 18.6. The molecule has 0 radical (unpaired) electrons. The maximum atomic E-state index is 12.5. The van der Waals surface area contributed by atoms with Crippen LogP contribution in [-0.4, -0.2) is 49.1 Å². The molecule has 1 fully saturated rings. The molecule has 0 aromatic carbocycles. The minimum Gasteiger partial charge on any atom is -0.384 e. The van der Waals surface area contributed by atoms with E-state index in [0.29, 0.717) is 29.1 Å². The summed E-state index contributed by atoms with van der Waals surface area (Å²) < 4.78 is 5.16. The molecule has 0 aliphatic carbocycles. The number of hydrogen-bond acceptors (Lipinski definition) is 4. The van der Waals surface area contributed by atoms with Gasteiger partial charge in [0.25, 0.3) is 5.91 Å². The first-order valence-corrected chi connectivity index (χ1v) is 7.71. The van der Waals surface area contributed by atoms with Crippen molar-refractivity contribution in [2.45, 2.75) is 19.8 Å². The van der Waals surface area contributed by atoms with Crippen molar-refractivity contribution in [2.75, 3.05) is 38.7 Å². The number of ether oxygens (including phenoxy) is 1. The Morgan fingerprint density at radius 2 is 2.38 bits per heavy atom. The number of nitrogens with one attached hydrogen (secondary N) is 1. The molecule has 1 saturated heterocycles. The lowest BCUT2D eigenvalue weighted by atomic mass is 10.1. The van der Waals surface area contributed by atoms with Gasteiger partial charge in [0.1, 0.15) is 11.0 Å². The Morgan fingerprint density at radius 1 is 1.57 bits per heavy atom. The highest BCUT2D eigenvalue weighted by Crippen LogP contribution is 2.21. The molecule has 0 saturated carbocycles. The lowest BCUT2D eigenvalue weighted by Crippen LogP contribution is -2.29. The molecule has 6 heteroatoms. The average Bonchev–Trinajstić information content (AvgIpc) is 2.93. The van der Waals surface area contributed by atoms with Gasteiger partial charge in [-0.3, -0.25) is 4.79 Å². The predicted molar refractivity (Wildman–Crippen MR) is 83.9 cm³/mol. The molecule has 1 aromatic rings. The molecule has 1 unspecified atom stereocenters. The smallest absolute Gasteiger partial charge is 0.254 e. The van der Waals surface area contributed by atoms with Gasteiger partial charge in [-0.15, -0.1) is 0 Å². The Morgan fingerprint density at radius 3 is 3.10 bits per heavy atom. The summed E-state index contributed by atoms with van der Waals surface area (Å²) >= 11 is 6.02. The summed E-state index contributed by atoms with van der Waals surface area (Å²) in [6.45, 7) is 5.09. The van der Waals surface area contributed by atoms with Gasteiger partial charge in [0.2, 0.25) is 0 Å². The molecule has 2 rings (SSSR count). The maximum absolute atomic E-state index is 12.5. The van der Waals surface area contributed by atoms with Crippen molar-refractivity contribution in [3.05, 3.63) is 22.8 Å². The van der Waals surface area contributed by atoms with Crippen LogP contribution in [0.25, 0.3) is 0 Å². The van der Waals surface area contributed by atoms with Crippen LogP contribution in [0.15, 0.2) is 12.1 Å². The number of rotatable bonds is 6. The molecule has 1 aromatic heterocycles. The highest BCUT2D eigenvalue weighted by molar-refractivity contribution is 6.29. The van der Waals surface area contributed by atoms with Crippen LogP contribution < -0.4 is 5.32 Å². The number of amides is 1. The predicted octanol–water partition coefficient (Wildman–Crippen LogP) is 2.67. The van der Waals surface area contributed by atoms with E-state index in [-0.39, 0.29) is 5.91 Å². The Bertz CT molecular complexity index is 496. The third-order valence-corrected chi connectivity index (χ3v) is 3.77. The van der Waals surface area contributed by atoms with E-state index < -0.39 is 0 Å². The van der Waals surface area contributed by atoms with Gasteiger partial charge in [-0.2, -0.15) is 0 Å². The number of nitrogens with zero attached hydrogens (tertiary/aromatic N) is 2. The minimum atomic E-state index is 0.0115. The lowest BCUT2D eigenvalue weighted by Gasteiger charge is -2.17. The molecule has 5 nitrogen and oxygen atoms in total. The first-order chi connectivity index (χ1) is 10.1. The van der Waals surface area contributed by atoms with Crippen LogP contribution in [-0.2, 0) is 4.74 Å². The highest BCUT2D eigenvalue weighted by atomic mass is 35.5. The van der Waals surface area contributed by atoms with E-state index in [9.17, 15) is 4.79 Å². The van der Waals surface area contributed by atoms with Gasteiger partial charge in [-0.1, -0.05) is 18.5 Å². The van der Waals surface area contributed by atoms with E-state index in [0.717, 1.165) is 32.5 Å². The molecule has 1 amide bonds. The Kier molecular flexibility index (Phi) is 5.82. The first kappa shape index (κ1) is 16.0. The van der Waals surface area contributed by atoms with Crippen LogP contribution in [0.4, 0.5) is 5.82 Å². The number of pyridine rings is 1. The van der Waals surface area contributed by atoms with Gasteiger partial charge in [0.05, 0.1) is 6.61 Å². The quantitative estimate of drug-likeness (QED) is 0.821. The van der Waals surface area contributed by atoms with E-state index in [1.165, 1.54) is 0 Å². The Labute approximate surface area is 130 Å². The summed E-state index contributed by atoms with van der Waals surface area (Å²) in [5.74, 6) is 1.09. The fraction of sp³-hybridized carbons (Fsp3) is 0.600. The number of carbonyl (C=O) groups excluding carboxylic acids is 1. The zero-order valence-electron chi connectivity index (χ0n) is 12.6. The summed E-state index contributed by atoms with van der Waals surface area (Å²) in [6.07, 6.45) is 1.97. The van der Waals surface area contributed by atoms with Gasteiger partial charge < -0.3 is 15.0 Å². The fourth-order valence-corrected chi connectivity index (χ4v) is 2.74. The lowest BCUT2D eigenvalue weighted by molar-refractivity contribution is 0.0775. The molecule has 21 heavy (non-hydrogen) atoms. The van der Waals surface area contributed by atoms with E-state index >= 15 is 0 Å². The van der Waals surface area contributed by atoms with Gasteiger partial charge in [0, 0.05) is 38.2 Å². The Hall–Kier alpha value is -1.33. The topological polar surface area (TPSA) is 54.5 Å². The van der Waals surface area contributed by atoms with Crippen LogP contribution in [0.1, 0.15) is 30.1 Å². The molecule has 0 bridgehead atoms. The number of carbonyl (C=O) groups is 1. The van der Waals surface area contributed by atoms with Crippen molar-refractivity contribution in [2.24, 2.45) is 5.92 Å². The van der Waals surface area contributed by atoms with Crippen LogP contribution >= 0.6 is 11.6 Å². The summed E-state index contributed by atoms with van der Waals surface area (Å²) in [7, 11) is 1.69. The number of methoxy groups -OCH3 is 1. The van der Waals surface area contributed by atoms with Crippen LogP contribution in [0.3, 0.4) is 0 Å². The normalized spacial score (nSPS) is 18.0. The van der Waals surface area contributed by atoms with E-state index in [1.54, 1.807) is 19.2 Å². The van der Waals surface area contributed by atoms with E-state index in [4.69, 9.17) is 16.3 Å². The fourth-order valence-electron chi connectivity index (χ4n) is 2.54. The number of hydrogen-bond donors (Lipinski definition) is 1. The molecule has 1 aliphatic heterocycles. The van der Waals surface area contributed by atoms with Gasteiger partial charge in [0.15, 0.2) is 0 Å². The zero-order chi connectivity index (χ0) is 15.2.